The standard InChI is InChI=1S/C70H52N2/c1-69(2)63-27-15-12-24-57(63)59-41-40-56(46-66(59)69)71(55-38-32-48(33-39-55)50-35-43-68-62(45-50)60-26-14-17-29-67(60)72(68)53-22-10-5-11-23-53)54-36-30-47(31-37-54)49-34-42-65-61(44-49)58-25-13-16-28-64(58)70(65,51-18-6-3-7-19-51)52-20-8-4-9-21-52/h3-43,45-46,49H,44H2,1-2H3. The van der Waals surface area contributed by atoms with E-state index in [9.17, 15) is 0 Å². The first kappa shape index (κ1) is 42.2. The van der Waals surface area contributed by atoms with Gasteiger partial charge in [0.05, 0.1) is 16.4 Å². The van der Waals surface area contributed by atoms with Crippen molar-refractivity contribution in [2.45, 2.75) is 37.0 Å². The number of para-hydroxylation sites is 2. The van der Waals surface area contributed by atoms with Crippen molar-refractivity contribution in [1.82, 2.24) is 4.57 Å². The Hall–Kier alpha value is -8.72. The molecule has 0 aliphatic heterocycles. The number of aromatic nitrogens is 1. The molecule has 1 heterocycles. The van der Waals surface area contributed by atoms with Gasteiger partial charge in [0.1, 0.15) is 0 Å². The molecule has 3 aliphatic rings. The Bertz CT molecular complexity index is 3910. The van der Waals surface area contributed by atoms with Crippen LogP contribution in [0, 0.1) is 0 Å². The minimum atomic E-state index is -0.378. The Morgan fingerprint density at radius 2 is 0.986 bits per heavy atom. The van der Waals surface area contributed by atoms with Crippen LogP contribution in [0.3, 0.4) is 0 Å². The highest BCUT2D eigenvalue weighted by atomic mass is 15.1. The molecular weight excluding hydrogens is 869 g/mol. The summed E-state index contributed by atoms with van der Waals surface area (Å²) in [5.74, 6) is 0.235. The van der Waals surface area contributed by atoms with Crippen LogP contribution in [-0.2, 0) is 10.8 Å². The van der Waals surface area contributed by atoms with E-state index in [0.29, 0.717) is 0 Å². The van der Waals surface area contributed by atoms with Gasteiger partial charge in [-0.1, -0.05) is 208 Å². The van der Waals surface area contributed by atoms with E-state index in [1.165, 1.54) is 99.8 Å². The fourth-order valence-corrected chi connectivity index (χ4v) is 12.9. The maximum Gasteiger partial charge on any atom is 0.0710 e. The summed E-state index contributed by atoms with van der Waals surface area (Å²) in [5.41, 5.74) is 23.8. The maximum atomic E-state index is 2.47. The number of hydrogen-bond donors (Lipinski definition) is 0. The molecule has 11 aromatic rings. The normalized spacial score (nSPS) is 15.8. The van der Waals surface area contributed by atoms with E-state index < -0.39 is 0 Å². The van der Waals surface area contributed by atoms with Crippen molar-refractivity contribution < 1.29 is 0 Å². The molecule has 0 saturated heterocycles. The molecule has 10 aromatic carbocycles. The van der Waals surface area contributed by atoms with E-state index in [1.54, 1.807) is 0 Å². The largest absolute Gasteiger partial charge is 0.310 e. The van der Waals surface area contributed by atoms with Gasteiger partial charge in [-0.2, -0.15) is 0 Å². The SMILES string of the molecule is CC1(C)c2ccccc2-c2ccc(N(c3ccc(-c4ccc5c(c4)c4ccccc4n5-c4ccccc4)cc3)c3ccc(C4C=CC5=C(C4)c4ccccc4C5(c4ccccc4)c4ccccc4)cc3)cc21. The molecule has 3 aliphatic carbocycles. The molecule has 0 amide bonds. The zero-order valence-corrected chi connectivity index (χ0v) is 40.5. The van der Waals surface area contributed by atoms with Crippen molar-refractivity contribution in [3.05, 3.63) is 305 Å². The predicted octanol–water partition coefficient (Wildman–Crippen LogP) is 18.1. The Morgan fingerprint density at radius 1 is 0.431 bits per heavy atom. The molecule has 2 heteroatoms. The summed E-state index contributed by atoms with van der Waals surface area (Å²) >= 11 is 0. The smallest absolute Gasteiger partial charge is 0.0710 e. The van der Waals surface area contributed by atoms with Gasteiger partial charge in [-0.3, -0.25) is 0 Å². The van der Waals surface area contributed by atoms with Crippen molar-refractivity contribution in [1.29, 1.82) is 0 Å². The number of hydrogen-bond acceptors (Lipinski definition) is 1. The summed E-state index contributed by atoms with van der Waals surface area (Å²) in [6.45, 7) is 4.74. The van der Waals surface area contributed by atoms with E-state index in [2.05, 4.69) is 284 Å². The van der Waals surface area contributed by atoms with Crippen molar-refractivity contribution in [3.63, 3.8) is 0 Å². The lowest BCUT2D eigenvalue weighted by Crippen LogP contribution is -2.29. The predicted molar refractivity (Wildman–Crippen MR) is 301 cm³/mol. The molecule has 72 heavy (non-hydrogen) atoms. The fraction of sp³-hybridized carbons (Fsp3) is 0.0857. The minimum absolute atomic E-state index is 0.123. The summed E-state index contributed by atoms with van der Waals surface area (Å²) in [7, 11) is 0. The van der Waals surface area contributed by atoms with Crippen LogP contribution in [0.1, 0.15) is 65.1 Å². The Balaban J connectivity index is 0.840. The fourth-order valence-electron chi connectivity index (χ4n) is 12.9. The average molecular weight is 921 g/mol. The monoisotopic (exact) mass is 920 g/mol. The molecule has 2 nitrogen and oxygen atoms in total. The highest BCUT2D eigenvalue weighted by molar-refractivity contribution is 6.10. The van der Waals surface area contributed by atoms with E-state index in [4.69, 9.17) is 0 Å². The third-order valence-corrected chi connectivity index (χ3v) is 16.3. The summed E-state index contributed by atoms with van der Waals surface area (Å²) in [5, 5.41) is 2.51. The van der Waals surface area contributed by atoms with Gasteiger partial charge in [-0.15, -0.1) is 0 Å². The Morgan fingerprint density at radius 3 is 1.71 bits per heavy atom. The summed E-state index contributed by atoms with van der Waals surface area (Å²) in [6.07, 6.45) is 5.86. The highest BCUT2D eigenvalue weighted by Gasteiger charge is 2.47. The molecule has 0 spiro atoms. The van der Waals surface area contributed by atoms with Crippen LogP contribution in [0.2, 0.25) is 0 Å². The Kier molecular flexibility index (Phi) is 9.63. The molecule has 0 saturated carbocycles. The van der Waals surface area contributed by atoms with Gasteiger partial charge in [0.2, 0.25) is 0 Å². The van der Waals surface area contributed by atoms with Gasteiger partial charge in [0.25, 0.3) is 0 Å². The first-order valence-electron chi connectivity index (χ1n) is 25.4. The third-order valence-electron chi connectivity index (χ3n) is 16.3. The van der Waals surface area contributed by atoms with Crippen molar-refractivity contribution >= 4 is 44.4 Å². The average Bonchev–Trinajstić information content (AvgIpc) is 4.02. The quantitative estimate of drug-likeness (QED) is 0.147. The van der Waals surface area contributed by atoms with Crippen LogP contribution in [-0.4, -0.2) is 4.57 Å². The van der Waals surface area contributed by atoms with E-state index in [-0.39, 0.29) is 16.7 Å². The molecule has 0 fully saturated rings. The molecule has 14 rings (SSSR count). The molecule has 342 valence electrons. The summed E-state index contributed by atoms with van der Waals surface area (Å²) in [6, 6.07) is 92.4. The van der Waals surface area contributed by atoms with Gasteiger partial charge in [0.15, 0.2) is 0 Å². The number of allylic oxidation sites excluding steroid dienone is 4. The summed E-state index contributed by atoms with van der Waals surface area (Å²) in [4.78, 5) is 2.45. The second-order valence-corrected chi connectivity index (χ2v) is 20.4. The van der Waals surface area contributed by atoms with E-state index >= 15 is 0 Å². The van der Waals surface area contributed by atoms with Gasteiger partial charge >= 0.3 is 0 Å². The van der Waals surface area contributed by atoms with Crippen molar-refractivity contribution in [2.75, 3.05) is 4.90 Å². The Labute approximate surface area is 422 Å². The second kappa shape index (κ2) is 16.4. The lowest BCUT2D eigenvalue weighted by atomic mass is 9.66. The third kappa shape index (κ3) is 6.35. The number of anilines is 3. The van der Waals surface area contributed by atoms with Crippen LogP contribution >= 0.6 is 0 Å². The van der Waals surface area contributed by atoms with Gasteiger partial charge in [-0.25, -0.2) is 0 Å². The van der Waals surface area contributed by atoms with Crippen LogP contribution in [0.25, 0.3) is 55.3 Å². The van der Waals surface area contributed by atoms with Gasteiger partial charge < -0.3 is 9.47 Å². The number of fused-ring (bicyclic) bond motifs is 8. The number of nitrogens with zero attached hydrogens (tertiary/aromatic N) is 2. The first-order valence-corrected chi connectivity index (χ1v) is 25.4. The van der Waals surface area contributed by atoms with E-state index in [0.717, 1.165) is 23.5 Å². The molecule has 1 atom stereocenters. The molecule has 0 N–H and O–H groups in total. The summed E-state index contributed by atoms with van der Waals surface area (Å²) < 4.78 is 2.38. The first-order chi connectivity index (χ1) is 35.5. The lowest BCUT2D eigenvalue weighted by molar-refractivity contribution is 0.660. The van der Waals surface area contributed by atoms with E-state index in [1.807, 2.05) is 0 Å². The zero-order valence-electron chi connectivity index (χ0n) is 40.5. The number of benzene rings is 10. The van der Waals surface area contributed by atoms with Crippen LogP contribution in [0.5, 0.6) is 0 Å². The molecule has 1 aromatic heterocycles. The second-order valence-electron chi connectivity index (χ2n) is 20.4. The highest BCUT2D eigenvalue weighted by Crippen LogP contribution is 2.58. The van der Waals surface area contributed by atoms with Gasteiger partial charge in [-0.05, 0) is 145 Å². The number of rotatable bonds is 8. The zero-order chi connectivity index (χ0) is 48.0. The molecular formula is C70H52N2. The topological polar surface area (TPSA) is 8.17 Å². The maximum absolute atomic E-state index is 2.47. The van der Waals surface area contributed by atoms with Crippen molar-refractivity contribution in [2.24, 2.45) is 0 Å². The van der Waals surface area contributed by atoms with Crippen LogP contribution in [0.4, 0.5) is 17.1 Å². The lowest BCUT2D eigenvalue weighted by Gasteiger charge is -2.35. The van der Waals surface area contributed by atoms with Crippen molar-refractivity contribution in [3.8, 4) is 27.9 Å². The van der Waals surface area contributed by atoms with Gasteiger partial charge in [0, 0.05) is 44.9 Å². The van der Waals surface area contributed by atoms with Crippen LogP contribution < -0.4 is 4.90 Å². The minimum Gasteiger partial charge on any atom is -0.310 e. The molecule has 0 bridgehead atoms. The van der Waals surface area contributed by atoms with Crippen LogP contribution in [0.15, 0.2) is 266 Å². The molecule has 0 radical (unpaired) electrons. The molecule has 1 unspecified atom stereocenters.